The lowest BCUT2D eigenvalue weighted by molar-refractivity contribution is -0.130. The Labute approximate surface area is 171 Å². The van der Waals surface area contributed by atoms with Gasteiger partial charge in [-0.15, -0.1) is 0 Å². The van der Waals surface area contributed by atoms with Crippen LogP contribution in [0.2, 0.25) is 0 Å². The van der Waals surface area contributed by atoms with Crippen molar-refractivity contribution in [2.45, 2.75) is 58.0 Å². The SMILES string of the molecule is C[C@@H]1CCCC[C@@H]1NC(=O)C(=O)c1cn(CC(=O)N2CCCC2)c2ccccc12. The lowest BCUT2D eigenvalue weighted by atomic mass is 9.86. The van der Waals surface area contributed by atoms with Gasteiger partial charge in [0.1, 0.15) is 6.54 Å². The number of para-hydroxylation sites is 1. The van der Waals surface area contributed by atoms with Gasteiger partial charge in [0.05, 0.1) is 5.56 Å². The van der Waals surface area contributed by atoms with Gasteiger partial charge in [-0.3, -0.25) is 14.4 Å². The number of Topliss-reactive ketones (excluding diaryl/α,β-unsaturated/α-hetero) is 1. The molecular formula is C23H29N3O3. The molecule has 1 aliphatic heterocycles. The molecule has 1 aliphatic carbocycles. The van der Waals surface area contributed by atoms with Crippen LogP contribution < -0.4 is 5.32 Å². The molecule has 4 rings (SSSR count). The van der Waals surface area contributed by atoms with E-state index in [-0.39, 0.29) is 18.5 Å². The first kappa shape index (κ1) is 19.7. The van der Waals surface area contributed by atoms with E-state index in [0.717, 1.165) is 56.1 Å². The lowest BCUT2D eigenvalue weighted by Gasteiger charge is -2.29. The maximum atomic E-state index is 13.0. The molecule has 29 heavy (non-hydrogen) atoms. The van der Waals surface area contributed by atoms with Gasteiger partial charge in [-0.25, -0.2) is 0 Å². The molecule has 0 spiro atoms. The van der Waals surface area contributed by atoms with Crippen LogP contribution in [-0.2, 0) is 16.1 Å². The molecule has 0 bridgehead atoms. The number of fused-ring (bicyclic) bond motifs is 1. The summed E-state index contributed by atoms with van der Waals surface area (Å²) in [7, 11) is 0. The van der Waals surface area contributed by atoms with E-state index < -0.39 is 11.7 Å². The Bertz CT molecular complexity index is 927. The average molecular weight is 396 g/mol. The smallest absolute Gasteiger partial charge is 0.292 e. The summed E-state index contributed by atoms with van der Waals surface area (Å²) in [5.41, 5.74) is 1.18. The fourth-order valence-corrected chi connectivity index (χ4v) is 4.66. The minimum absolute atomic E-state index is 0.0581. The maximum absolute atomic E-state index is 13.0. The van der Waals surface area contributed by atoms with Crippen LogP contribution in [0.3, 0.4) is 0 Å². The van der Waals surface area contributed by atoms with Crippen LogP contribution in [0.15, 0.2) is 30.5 Å². The first-order valence-corrected chi connectivity index (χ1v) is 10.8. The van der Waals surface area contributed by atoms with Crippen LogP contribution >= 0.6 is 0 Å². The van der Waals surface area contributed by atoms with Crippen LogP contribution in [0.1, 0.15) is 55.8 Å². The third kappa shape index (κ3) is 4.07. The number of amides is 2. The third-order valence-electron chi connectivity index (χ3n) is 6.43. The van der Waals surface area contributed by atoms with Gasteiger partial charge in [0, 0.05) is 36.2 Å². The second-order valence-electron chi connectivity index (χ2n) is 8.45. The van der Waals surface area contributed by atoms with E-state index in [1.54, 1.807) is 10.8 Å². The molecule has 2 heterocycles. The summed E-state index contributed by atoms with van der Waals surface area (Å²) in [6.45, 7) is 3.91. The van der Waals surface area contributed by atoms with Crippen molar-refractivity contribution in [2.24, 2.45) is 5.92 Å². The van der Waals surface area contributed by atoms with Crippen molar-refractivity contribution in [1.29, 1.82) is 0 Å². The summed E-state index contributed by atoms with van der Waals surface area (Å²) >= 11 is 0. The second kappa shape index (κ2) is 8.39. The van der Waals surface area contributed by atoms with E-state index >= 15 is 0 Å². The number of carbonyl (C=O) groups excluding carboxylic acids is 3. The average Bonchev–Trinajstić information content (AvgIpc) is 3.38. The van der Waals surface area contributed by atoms with Crippen LogP contribution in [0.5, 0.6) is 0 Å². The number of carbonyl (C=O) groups is 3. The Morgan fingerprint density at radius 3 is 2.52 bits per heavy atom. The minimum Gasteiger partial charge on any atom is -0.346 e. The Morgan fingerprint density at radius 2 is 1.76 bits per heavy atom. The van der Waals surface area contributed by atoms with Crippen LogP contribution in [0.25, 0.3) is 10.9 Å². The number of ketones is 1. The van der Waals surface area contributed by atoms with Crippen LogP contribution in [0.4, 0.5) is 0 Å². The van der Waals surface area contributed by atoms with Gasteiger partial charge in [0.25, 0.3) is 11.7 Å². The molecule has 0 radical (unpaired) electrons. The van der Waals surface area contributed by atoms with Gasteiger partial charge >= 0.3 is 0 Å². The second-order valence-corrected chi connectivity index (χ2v) is 8.45. The summed E-state index contributed by atoms with van der Waals surface area (Å²) in [6, 6.07) is 7.54. The molecule has 2 atom stereocenters. The predicted molar refractivity (Wildman–Crippen MR) is 112 cm³/mol. The summed E-state index contributed by atoms with van der Waals surface area (Å²) in [5.74, 6) is -0.619. The summed E-state index contributed by atoms with van der Waals surface area (Å²) in [4.78, 5) is 40.1. The molecule has 2 fully saturated rings. The molecular weight excluding hydrogens is 366 g/mol. The van der Waals surface area contributed by atoms with E-state index in [2.05, 4.69) is 12.2 Å². The zero-order valence-electron chi connectivity index (χ0n) is 17.0. The van der Waals surface area contributed by atoms with Gasteiger partial charge in [-0.1, -0.05) is 38.0 Å². The number of nitrogens with one attached hydrogen (secondary N) is 1. The van der Waals surface area contributed by atoms with Crippen molar-refractivity contribution in [3.63, 3.8) is 0 Å². The zero-order chi connectivity index (χ0) is 20.4. The van der Waals surface area contributed by atoms with Crippen molar-refractivity contribution in [3.05, 3.63) is 36.0 Å². The van der Waals surface area contributed by atoms with Crippen molar-refractivity contribution in [2.75, 3.05) is 13.1 Å². The monoisotopic (exact) mass is 395 g/mol. The summed E-state index contributed by atoms with van der Waals surface area (Å²) in [5, 5.41) is 3.67. The molecule has 1 saturated heterocycles. The molecule has 0 unspecified atom stereocenters. The van der Waals surface area contributed by atoms with Crippen molar-refractivity contribution < 1.29 is 14.4 Å². The van der Waals surface area contributed by atoms with E-state index in [1.165, 1.54) is 6.42 Å². The zero-order valence-corrected chi connectivity index (χ0v) is 17.0. The van der Waals surface area contributed by atoms with Crippen LogP contribution in [0, 0.1) is 5.92 Å². The normalized spacial score (nSPS) is 22.0. The molecule has 1 aromatic carbocycles. The Morgan fingerprint density at radius 1 is 1.03 bits per heavy atom. The van der Waals surface area contributed by atoms with Crippen LogP contribution in [-0.4, -0.2) is 46.2 Å². The number of aromatic nitrogens is 1. The molecule has 1 aromatic heterocycles. The number of likely N-dealkylation sites (tertiary alicyclic amines) is 1. The Kier molecular flexibility index (Phi) is 5.69. The lowest BCUT2D eigenvalue weighted by Crippen LogP contribution is -2.44. The maximum Gasteiger partial charge on any atom is 0.292 e. The standard InChI is InChI=1S/C23H29N3O3/c1-16-8-2-4-10-19(16)24-23(29)22(28)18-14-26(20-11-5-3-9-17(18)20)15-21(27)25-12-6-7-13-25/h3,5,9,11,14,16,19H,2,4,6-8,10,12-13,15H2,1H3,(H,24,29)/t16-,19+/m1/s1. The molecule has 2 amide bonds. The van der Waals surface area contributed by atoms with E-state index in [0.29, 0.717) is 11.5 Å². The quantitative estimate of drug-likeness (QED) is 0.624. The number of nitrogens with zero attached hydrogens (tertiary/aromatic N) is 2. The van der Waals surface area contributed by atoms with Gasteiger partial charge in [0.15, 0.2) is 0 Å². The van der Waals surface area contributed by atoms with E-state index in [9.17, 15) is 14.4 Å². The Balaban J connectivity index is 1.55. The van der Waals surface area contributed by atoms with Crippen molar-refractivity contribution in [3.8, 4) is 0 Å². The summed E-state index contributed by atoms with van der Waals surface area (Å²) in [6.07, 6.45) is 8.03. The number of benzene rings is 1. The highest BCUT2D eigenvalue weighted by molar-refractivity contribution is 6.45. The molecule has 2 aliphatic rings. The fraction of sp³-hybridized carbons (Fsp3) is 0.522. The highest BCUT2D eigenvalue weighted by atomic mass is 16.2. The fourth-order valence-electron chi connectivity index (χ4n) is 4.66. The minimum atomic E-state index is -0.544. The van der Waals surface area contributed by atoms with Crippen molar-refractivity contribution in [1.82, 2.24) is 14.8 Å². The Hall–Kier alpha value is -2.63. The van der Waals surface area contributed by atoms with Crippen molar-refractivity contribution >= 4 is 28.5 Å². The van der Waals surface area contributed by atoms with E-state index in [4.69, 9.17) is 0 Å². The highest BCUT2D eigenvalue weighted by Gasteiger charge is 2.28. The topological polar surface area (TPSA) is 71.4 Å². The van der Waals surface area contributed by atoms with E-state index in [1.807, 2.05) is 29.2 Å². The first-order valence-electron chi connectivity index (χ1n) is 10.8. The molecule has 6 nitrogen and oxygen atoms in total. The molecule has 1 N–H and O–H groups in total. The third-order valence-corrected chi connectivity index (χ3v) is 6.43. The van der Waals surface area contributed by atoms with Gasteiger partial charge in [-0.2, -0.15) is 0 Å². The van der Waals surface area contributed by atoms with Gasteiger partial charge in [0.2, 0.25) is 5.91 Å². The molecule has 6 heteroatoms. The number of hydrogen-bond donors (Lipinski definition) is 1. The van der Waals surface area contributed by atoms with Gasteiger partial charge in [-0.05, 0) is 37.7 Å². The predicted octanol–water partition coefficient (Wildman–Crippen LogP) is 3.14. The number of rotatable bonds is 5. The molecule has 154 valence electrons. The summed E-state index contributed by atoms with van der Waals surface area (Å²) < 4.78 is 1.81. The highest BCUT2D eigenvalue weighted by Crippen LogP contribution is 2.25. The molecule has 1 saturated carbocycles. The first-order chi connectivity index (χ1) is 14.0. The van der Waals surface area contributed by atoms with Gasteiger partial charge < -0.3 is 14.8 Å². The molecule has 2 aromatic rings. The number of hydrogen-bond acceptors (Lipinski definition) is 3. The largest absolute Gasteiger partial charge is 0.346 e.